The molecule has 10 aromatic rings. The van der Waals surface area contributed by atoms with Gasteiger partial charge in [-0.25, -0.2) is 0 Å². The van der Waals surface area contributed by atoms with Gasteiger partial charge in [0.05, 0.1) is 11.0 Å². The summed E-state index contributed by atoms with van der Waals surface area (Å²) in [4.78, 5) is 0. The van der Waals surface area contributed by atoms with E-state index in [9.17, 15) is 0 Å². The van der Waals surface area contributed by atoms with Crippen molar-refractivity contribution in [2.75, 3.05) is 0 Å². The Labute approximate surface area is 307 Å². The van der Waals surface area contributed by atoms with E-state index >= 15 is 0 Å². The van der Waals surface area contributed by atoms with Crippen molar-refractivity contribution in [1.82, 2.24) is 4.57 Å². The van der Waals surface area contributed by atoms with E-state index in [2.05, 4.69) is 187 Å². The average Bonchev–Trinajstić information content (AvgIpc) is 3.56. The molecule has 0 amide bonds. The van der Waals surface area contributed by atoms with Crippen LogP contribution in [-0.2, 0) is 0 Å². The Morgan fingerprint density at radius 3 is 1.37 bits per heavy atom. The molecular weight excluding hydrogens is 650 g/mol. The number of hydrogen-bond acceptors (Lipinski definition) is 0. The topological polar surface area (TPSA) is 4.93 Å². The minimum Gasteiger partial charge on any atom is -0.309 e. The van der Waals surface area contributed by atoms with Gasteiger partial charge in [0.1, 0.15) is 0 Å². The standard InChI is InChI=1S/C50H32ClN/c51-38-28-23-36(24-29-38)48-46(34-14-3-1-4-15-34)41-19-9-10-20-42(41)47(35-16-5-2-6-17-35)49(48)37-25-30-39(31-26-37)52-44-22-12-11-21-43(44)50-40-18-8-7-13-33(40)27-32-45(50)52/h1-32H. The third-order valence-corrected chi connectivity index (χ3v) is 10.7. The zero-order chi connectivity index (χ0) is 34.6. The smallest absolute Gasteiger partial charge is 0.0547 e. The zero-order valence-electron chi connectivity index (χ0n) is 28.3. The maximum atomic E-state index is 6.51. The van der Waals surface area contributed by atoms with Crippen LogP contribution in [0.3, 0.4) is 0 Å². The summed E-state index contributed by atoms with van der Waals surface area (Å²) in [5, 5.41) is 8.24. The van der Waals surface area contributed by atoms with E-state index in [4.69, 9.17) is 11.6 Å². The second-order valence-electron chi connectivity index (χ2n) is 13.4. The van der Waals surface area contributed by atoms with E-state index in [0.29, 0.717) is 0 Å². The molecule has 0 aliphatic rings. The average molecular weight is 682 g/mol. The number of benzene rings is 9. The third kappa shape index (κ3) is 4.86. The Bertz CT molecular complexity index is 2920. The summed E-state index contributed by atoms with van der Waals surface area (Å²) in [5.41, 5.74) is 13.0. The molecule has 0 aliphatic heterocycles. The van der Waals surface area contributed by atoms with Gasteiger partial charge in [-0.15, -0.1) is 0 Å². The Kier molecular flexibility index (Phi) is 7.27. The quantitative estimate of drug-likeness (QED) is 0.170. The van der Waals surface area contributed by atoms with Gasteiger partial charge in [-0.1, -0.05) is 169 Å². The van der Waals surface area contributed by atoms with E-state index in [-0.39, 0.29) is 0 Å². The van der Waals surface area contributed by atoms with Crippen molar-refractivity contribution >= 4 is 55.0 Å². The monoisotopic (exact) mass is 681 g/mol. The maximum Gasteiger partial charge on any atom is 0.0547 e. The van der Waals surface area contributed by atoms with Crippen molar-refractivity contribution in [3.63, 3.8) is 0 Å². The molecule has 9 aromatic carbocycles. The molecule has 0 N–H and O–H groups in total. The molecule has 0 spiro atoms. The number of rotatable bonds is 5. The minimum absolute atomic E-state index is 0.721. The van der Waals surface area contributed by atoms with Gasteiger partial charge in [-0.3, -0.25) is 0 Å². The van der Waals surface area contributed by atoms with Crippen LogP contribution in [0.4, 0.5) is 0 Å². The van der Waals surface area contributed by atoms with Gasteiger partial charge in [0.2, 0.25) is 0 Å². The Hall–Kier alpha value is -6.41. The SMILES string of the molecule is Clc1ccc(-c2c(-c3ccc(-n4c5ccccc5c5c6ccccc6ccc54)cc3)c(-c3ccccc3)c3ccccc3c2-c2ccccc2)cc1. The van der Waals surface area contributed by atoms with E-state index in [1.165, 1.54) is 76.7 Å². The van der Waals surface area contributed by atoms with E-state index in [0.717, 1.165) is 21.8 Å². The lowest BCUT2D eigenvalue weighted by molar-refractivity contribution is 1.18. The first kappa shape index (κ1) is 30.4. The summed E-state index contributed by atoms with van der Waals surface area (Å²) in [7, 11) is 0. The lowest BCUT2D eigenvalue weighted by Crippen LogP contribution is -1.98. The molecule has 0 unspecified atom stereocenters. The summed E-state index contributed by atoms with van der Waals surface area (Å²) in [6.45, 7) is 0. The van der Waals surface area contributed by atoms with Crippen LogP contribution in [0, 0.1) is 0 Å². The van der Waals surface area contributed by atoms with Gasteiger partial charge >= 0.3 is 0 Å². The lowest BCUT2D eigenvalue weighted by Gasteiger charge is -2.24. The molecule has 0 saturated carbocycles. The minimum atomic E-state index is 0.721. The van der Waals surface area contributed by atoms with Crippen LogP contribution in [0.15, 0.2) is 194 Å². The lowest BCUT2D eigenvalue weighted by atomic mass is 9.79. The van der Waals surface area contributed by atoms with E-state index in [1.54, 1.807) is 0 Å². The zero-order valence-corrected chi connectivity index (χ0v) is 29.1. The summed E-state index contributed by atoms with van der Waals surface area (Å²) < 4.78 is 2.41. The molecule has 10 rings (SSSR count). The van der Waals surface area contributed by atoms with Crippen LogP contribution in [0.2, 0.25) is 5.02 Å². The van der Waals surface area contributed by atoms with Crippen LogP contribution in [-0.4, -0.2) is 4.57 Å². The van der Waals surface area contributed by atoms with Crippen molar-refractivity contribution < 1.29 is 0 Å². The molecule has 0 aliphatic carbocycles. The normalized spacial score (nSPS) is 11.6. The van der Waals surface area contributed by atoms with Gasteiger partial charge in [0.25, 0.3) is 0 Å². The third-order valence-electron chi connectivity index (χ3n) is 10.4. The predicted octanol–water partition coefficient (Wildman–Crippen LogP) is 14.4. The number of halogens is 1. The molecule has 244 valence electrons. The Balaban J connectivity index is 1.29. The molecule has 0 saturated heterocycles. The van der Waals surface area contributed by atoms with E-state index < -0.39 is 0 Å². The van der Waals surface area contributed by atoms with Gasteiger partial charge < -0.3 is 4.57 Å². The first-order valence-electron chi connectivity index (χ1n) is 17.7. The van der Waals surface area contributed by atoms with Crippen LogP contribution in [0.1, 0.15) is 0 Å². The van der Waals surface area contributed by atoms with Crippen LogP contribution in [0.5, 0.6) is 0 Å². The molecule has 1 aromatic heterocycles. The van der Waals surface area contributed by atoms with Crippen LogP contribution in [0.25, 0.3) is 93.5 Å². The fourth-order valence-electron chi connectivity index (χ4n) is 8.24. The first-order valence-corrected chi connectivity index (χ1v) is 18.1. The highest BCUT2D eigenvalue weighted by Crippen LogP contribution is 2.51. The molecule has 0 radical (unpaired) electrons. The van der Waals surface area contributed by atoms with Gasteiger partial charge in [-0.2, -0.15) is 0 Å². The van der Waals surface area contributed by atoms with Gasteiger partial charge in [0, 0.05) is 21.5 Å². The second-order valence-corrected chi connectivity index (χ2v) is 13.8. The molecule has 1 nitrogen and oxygen atoms in total. The molecule has 2 heteroatoms. The fraction of sp³-hybridized carbons (Fsp3) is 0. The predicted molar refractivity (Wildman–Crippen MR) is 223 cm³/mol. The maximum absolute atomic E-state index is 6.51. The fourth-order valence-corrected chi connectivity index (χ4v) is 8.36. The summed E-state index contributed by atoms with van der Waals surface area (Å²) in [6, 6.07) is 70.0. The molecule has 52 heavy (non-hydrogen) atoms. The highest BCUT2D eigenvalue weighted by molar-refractivity contribution is 6.30. The molecule has 0 fully saturated rings. The van der Waals surface area contributed by atoms with Gasteiger partial charge in [-0.05, 0) is 102 Å². The van der Waals surface area contributed by atoms with E-state index in [1.807, 2.05) is 12.1 Å². The van der Waals surface area contributed by atoms with Crippen molar-refractivity contribution in [2.24, 2.45) is 0 Å². The van der Waals surface area contributed by atoms with Crippen molar-refractivity contribution in [3.8, 4) is 50.2 Å². The van der Waals surface area contributed by atoms with Gasteiger partial charge in [0.15, 0.2) is 0 Å². The summed E-state index contributed by atoms with van der Waals surface area (Å²) >= 11 is 6.51. The van der Waals surface area contributed by atoms with Crippen LogP contribution >= 0.6 is 11.6 Å². The van der Waals surface area contributed by atoms with Crippen molar-refractivity contribution in [2.45, 2.75) is 0 Å². The Morgan fingerprint density at radius 1 is 0.308 bits per heavy atom. The Morgan fingerprint density at radius 2 is 0.769 bits per heavy atom. The highest BCUT2D eigenvalue weighted by atomic mass is 35.5. The number of nitrogens with zero attached hydrogens (tertiary/aromatic N) is 1. The van der Waals surface area contributed by atoms with Crippen molar-refractivity contribution in [1.29, 1.82) is 0 Å². The summed E-state index contributed by atoms with van der Waals surface area (Å²) in [5.74, 6) is 0. The number of aromatic nitrogens is 1. The second kappa shape index (κ2) is 12.4. The largest absolute Gasteiger partial charge is 0.309 e. The number of hydrogen-bond donors (Lipinski definition) is 0. The molecule has 0 bridgehead atoms. The molecule has 1 heterocycles. The van der Waals surface area contributed by atoms with Crippen molar-refractivity contribution in [3.05, 3.63) is 199 Å². The number of para-hydroxylation sites is 1. The molecule has 0 atom stereocenters. The van der Waals surface area contributed by atoms with Crippen LogP contribution < -0.4 is 0 Å². The molecular formula is C50H32ClN. The number of fused-ring (bicyclic) bond motifs is 6. The first-order chi connectivity index (χ1) is 25.7. The highest BCUT2D eigenvalue weighted by Gasteiger charge is 2.24. The summed E-state index contributed by atoms with van der Waals surface area (Å²) in [6.07, 6.45) is 0.